The Morgan fingerprint density at radius 3 is 2.85 bits per heavy atom. The van der Waals surface area contributed by atoms with Crippen molar-refractivity contribution in [3.63, 3.8) is 0 Å². The minimum absolute atomic E-state index is 0.0311. The van der Waals surface area contributed by atoms with Crippen LogP contribution in [0.5, 0.6) is 5.75 Å². The molecule has 1 aromatic heterocycles. The summed E-state index contributed by atoms with van der Waals surface area (Å²) in [5.41, 5.74) is 1.15. The first-order chi connectivity index (χ1) is 12.6. The van der Waals surface area contributed by atoms with Crippen molar-refractivity contribution in [2.24, 2.45) is 5.92 Å². The van der Waals surface area contributed by atoms with Crippen LogP contribution in [0.4, 0.5) is 5.69 Å². The van der Waals surface area contributed by atoms with Crippen molar-refractivity contribution in [3.05, 3.63) is 46.2 Å². The lowest BCUT2D eigenvalue weighted by Crippen LogP contribution is -2.39. The number of hydrogen-bond acceptors (Lipinski definition) is 5. The monoisotopic (exact) mass is 372 g/mol. The number of anilines is 1. The van der Waals surface area contributed by atoms with Gasteiger partial charge in [0, 0.05) is 23.5 Å². The molecule has 136 valence electrons. The molecule has 0 radical (unpaired) electrons. The van der Waals surface area contributed by atoms with E-state index in [-0.39, 0.29) is 24.3 Å². The lowest BCUT2D eigenvalue weighted by Gasteiger charge is -2.34. The molecule has 2 aliphatic rings. The van der Waals surface area contributed by atoms with Gasteiger partial charge in [-0.1, -0.05) is 6.07 Å². The molecule has 2 aromatic rings. The van der Waals surface area contributed by atoms with E-state index in [2.05, 4.69) is 5.32 Å². The van der Waals surface area contributed by atoms with E-state index >= 15 is 0 Å². The molecule has 1 saturated heterocycles. The molecule has 3 heterocycles. The van der Waals surface area contributed by atoms with Crippen molar-refractivity contribution in [1.29, 1.82) is 0 Å². The first-order valence-electron chi connectivity index (χ1n) is 8.69. The second kappa shape index (κ2) is 7.09. The van der Waals surface area contributed by atoms with Crippen molar-refractivity contribution in [2.75, 3.05) is 25.0 Å². The minimum atomic E-state index is -0.451. The second-order valence-corrected chi connectivity index (χ2v) is 7.62. The van der Waals surface area contributed by atoms with Crippen LogP contribution in [0, 0.1) is 5.92 Å². The molecule has 4 rings (SSSR count). The van der Waals surface area contributed by atoms with Crippen LogP contribution in [0.3, 0.4) is 0 Å². The number of carbonyl (C=O) groups excluding carboxylic acids is 2. The van der Waals surface area contributed by atoms with E-state index < -0.39 is 6.10 Å². The smallest absolute Gasteiger partial charge is 0.262 e. The molecule has 6 nitrogen and oxygen atoms in total. The van der Waals surface area contributed by atoms with Gasteiger partial charge in [0.25, 0.3) is 11.8 Å². The fraction of sp³-hybridized carbons (Fsp3) is 0.368. The van der Waals surface area contributed by atoms with Crippen molar-refractivity contribution >= 4 is 28.8 Å². The van der Waals surface area contributed by atoms with Crippen LogP contribution in [0.1, 0.15) is 34.2 Å². The van der Waals surface area contributed by atoms with E-state index in [4.69, 9.17) is 4.74 Å². The number of piperidine rings is 1. The molecule has 1 atom stereocenters. The number of rotatable bonds is 3. The number of aliphatic hydroxyl groups is 1. The third-order valence-electron chi connectivity index (χ3n) is 4.97. The van der Waals surface area contributed by atoms with Crippen molar-refractivity contribution in [1.82, 2.24) is 4.90 Å². The zero-order valence-electron chi connectivity index (χ0n) is 14.2. The van der Waals surface area contributed by atoms with Crippen molar-refractivity contribution in [3.8, 4) is 5.75 Å². The van der Waals surface area contributed by atoms with Gasteiger partial charge in [-0.25, -0.2) is 0 Å². The van der Waals surface area contributed by atoms with E-state index in [1.807, 2.05) is 22.4 Å². The largest absolute Gasteiger partial charge is 0.482 e. The third-order valence-corrected chi connectivity index (χ3v) is 5.91. The van der Waals surface area contributed by atoms with Crippen LogP contribution in [0.15, 0.2) is 35.7 Å². The van der Waals surface area contributed by atoms with Gasteiger partial charge in [-0.2, -0.15) is 0 Å². The summed E-state index contributed by atoms with van der Waals surface area (Å²) in [4.78, 5) is 26.9. The Hall–Kier alpha value is -2.38. The average Bonchev–Trinajstić information content (AvgIpc) is 3.21. The highest BCUT2D eigenvalue weighted by atomic mass is 32.1. The number of nitrogens with one attached hydrogen (secondary N) is 1. The van der Waals surface area contributed by atoms with Crippen molar-refractivity contribution < 1.29 is 19.4 Å². The number of ether oxygens (including phenoxy) is 1. The Bertz CT molecular complexity index is 813. The molecule has 2 N–H and O–H groups in total. The zero-order valence-corrected chi connectivity index (χ0v) is 15.0. The van der Waals surface area contributed by atoms with E-state index in [9.17, 15) is 14.7 Å². The standard InChI is InChI=1S/C19H20N2O4S/c22-17-11-25-15-10-13(3-4-14(15)20-17)19(24)21-7-5-12(6-8-21)18(23)16-2-1-9-26-16/h1-4,9-10,12,18,23H,5-8,11H2,(H,20,22)/t18-/m0/s1. The highest BCUT2D eigenvalue weighted by molar-refractivity contribution is 7.10. The predicted octanol–water partition coefficient (Wildman–Crippen LogP) is 2.66. The lowest BCUT2D eigenvalue weighted by molar-refractivity contribution is -0.118. The van der Waals surface area contributed by atoms with Gasteiger partial charge in [-0.3, -0.25) is 9.59 Å². The van der Waals surface area contributed by atoms with Crippen LogP contribution >= 0.6 is 11.3 Å². The number of hydrogen-bond donors (Lipinski definition) is 2. The average molecular weight is 372 g/mol. The molecule has 1 fully saturated rings. The van der Waals surface area contributed by atoms with E-state index in [1.165, 1.54) is 0 Å². The zero-order chi connectivity index (χ0) is 18.1. The molecule has 0 aliphatic carbocycles. The van der Waals surface area contributed by atoms with Crippen LogP contribution in [-0.2, 0) is 4.79 Å². The summed E-state index contributed by atoms with van der Waals surface area (Å²) in [6, 6.07) is 9.00. The SMILES string of the molecule is O=C1COc2cc(C(=O)N3CCC([C@H](O)c4cccs4)CC3)ccc2N1. The van der Waals surface area contributed by atoms with Crippen LogP contribution in [0.25, 0.3) is 0 Å². The maximum atomic E-state index is 12.8. The summed E-state index contributed by atoms with van der Waals surface area (Å²) in [5.74, 6) is 0.471. The fourth-order valence-electron chi connectivity index (χ4n) is 3.50. The Balaban J connectivity index is 1.40. The Morgan fingerprint density at radius 1 is 1.31 bits per heavy atom. The summed E-state index contributed by atoms with van der Waals surface area (Å²) in [6.45, 7) is 1.22. The van der Waals surface area contributed by atoms with Crippen LogP contribution in [-0.4, -0.2) is 41.5 Å². The first-order valence-corrected chi connectivity index (χ1v) is 9.57. The number of benzene rings is 1. The molecule has 7 heteroatoms. The van der Waals surface area contributed by atoms with Gasteiger partial charge in [0.1, 0.15) is 5.75 Å². The topological polar surface area (TPSA) is 78.9 Å². The predicted molar refractivity (Wildman–Crippen MR) is 98.5 cm³/mol. The molecule has 0 saturated carbocycles. The quantitative estimate of drug-likeness (QED) is 0.868. The number of amides is 2. The summed E-state index contributed by atoms with van der Waals surface area (Å²) in [5, 5.41) is 15.2. The van der Waals surface area contributed by atoms with E-state index in [0.29, 0.717) is 30.1 Å². The summed E-state index contributed by atoms with van der Waals surface area (Å²) >= 11 is 1.57. The molecule has 2 aliphatic heterocycles. The molecule has 2 amide bonds. The van der Waals surface area contributed by atoms with Gasteiger partial charge in [0.2, 0.25) is 0 Å². The maximum absolute atomic E-state index is 12.8. The molecule has 0 unspecified atom stereocenters. The number of aliphatic hydroxyl groups excluding tert-OH is 1. The summed E-state index contributed by atoms with van der Waals surface area (Å²) in [6.07, 6.45) is 1.11. The minimum Gasteiger partial charge on any atom is -0.482 e. The summed E-state index contributed by atoms with van der Waals surface area (Å²) in [7, 11) is 0. The number of carbonyl (C=O) groups is 2. The highest BCUT2D eigenvalue weighted by Gasteiger charge is 2.29. The maximum Gasteiger partial charge on any atom is 0.262 e. The Morgan fingerprint density at radius 2 is 2.12 bits per heavy atom. The van der Waals surface area contributed by atoms with Gasteiger partial charge in [-0.05, 0) is 48.4 Å². The molecule has 26 heavy (non-hydrogen) atoms. The van der Waals surface area contributed by atoms with Crippen LogP contribution < -0.4 is 10.1 Å². The van der Waals surface area contributed by atoms with Gasteiger partial charge >= 0.3 is 0 Å². The molecule has 0 spiro atoms. The fourth-order valence-corrected chi connectivity index (χ4v) is 4.30. The third kappa shape index (κ3) is 3.32. The Labute approximate surface area is 155 Å². The normalized spacial score (nSPS) is 18.7. The van der Waals surface area contributed by atoms with Crippen LogP contribution in [0.2, 0.25) is 0 Å². The first kappa shape index (κ1) is 17.1. The van der Waals surface area contributed by atoms with Gasteiger partial charge in [-0.15, -0.1) is 11.3 Å². The Kier molecular flexibility index (Phi) is 4.65. The van der Waals surface area contributed by atoms with Crippen molar-refractivity contribution in [2.45, 2.75) is 18.9 Å². The molecular formula is C19H20N2O4S. The number of likely N-dealkylation sites (tertiary alicyclic amines) is 1. The number of fused-ring (bicyclic) bond motifs is 1. The van der Waals surface area contributed by atoms with Gasteiger partial charge < -0.3 is 20.1 Å². The number of nitrogens with zero attached hydrogens (tertiary/aromatic N) is 1. The highest BCUT2D eigenvalue weighted by Crippen LogP contribution is 2.34. The molecule has 0 bridgehead atoms. The lowest BCUT2D eigenvalue weighted by atomic mass is 9.90. The van der Waals surface area contributed by atoms with E-state index in [1.54, 1.807) is 29.5 Å². The number of thiophene rings is 1. The summed E-state index contributed by atoms with van der Waals surface area (Å²) < 4.78 is 5.39. The second-order valence-electron chi connectivity index (χ2n) is 6.64. The van der Waals surface area contributed by atoms with Gasteiger partial charge in [0.05, 0.1) is 11.8 Å². The molecular weight excluding hydrogens is 352 g/mol. The molecule has 1 aromatic carbocycles. The van der Waals surface area contributed by atoms with E-state index in [0.717, 1.165) is 17.7 Å². The van der Waals surface area contributed by atoms with Gasteiger partial charge in [0.15, 0.2) is 6.61 Å².